The molecule has 20 heavy (non-hydrogen) atoms. The van der Waals surface area contributed by atoms with Crippen LogP contribution >= 0.6 is 23.4 Å². The Morgan fingerprint density at radius 3 is 2.55 bits per heavy atom. The Labute approximate surface area is 127 Å². The molecule has 0 aliphatic heterocycles. The third-order valence-electron chi connectivity index (χ3n) is 3.05. The first kappa shape index (κ1) is 13.4. The van der Waals surface area contributed by atoms with Crippen molar-refractivity contribution in [1.82, 2.24) is 4.98 Å². The molecule has 0 saturated heterocycles. The molecule has 0 saturated carbocycles. The zero-order chi connectivity index (χ0) is 13.9. The number of halogens is 1. The van der Waals surface area contributed by atoms with Crippen LogP contribution in [0.15, 0.2) is 64.5 Å². The van der Waals surface area contributed by atoms with Gasteiger partial charge in [-0.1, -0.05) is 41.6 Å². The number of fused-ring (bicyclic) bond motifs is 1. The molecule has 1 aromatic heterocycles. The molecular weight excluding hydrogens is 288 g/mol. The Morgan fingerprint density at radius 2 is 1.80 bits per heavy atom. The van der Waals surface area contributed by atoms with E-state index in [0.717, 1.165) is 26.4 Å². The summed E-state index contributed by atoms with van der Waals surface area (Å²) in [5.41, 5.74) is 7.89. The van der Waals surface area contributed by atoms with Crippen LogP contribution in [0, 0.1) is 0 Å². The molecule has 4 heteroatoms. The van der Waals surface area contributed by atoms with Gasteiger partial charge in [-0.25, -0.2) is 0 Å². The first-order valence-corrected chi connectivity index (χ1v) is 7.47. The molecule has 0 bridgehead atoms. The molecule has 0 spiro atoms. The van der Waals surface area contributed by atoms with Crippen molar-refractivity contribution in [3.8, 4) is 0 Å². The van der Waals surface area contributed by atoms with E-state index in [0.29, 0.717) is 6.54 Å². The number of para-hydroxylation sites is 1. The number of hydrogen-bond donors (Lipinski definition) is 1. The summed E-state index contributed by atoms with van der Waals surface area (Å²) in [5.74, 6) is 0. The largest absolute Gasteiger partial charge is 0.326 e. The highest BCUT2D eigenvalue weighted by Crippen LogP contribution is 2.35. The molecule has 1 heterocycles. The number of pyridine rings is 1. The smallest absolute Gasteiger partial charge is 0.0713 e. The highest BCUT2D eigenvalue weighted by atomic mass is 35.5. The minimum atomic E-state index is 0.480. The molecule has 3 aromatic rings. The number of hydrogen-bond acceptors (Lipinski definition) is 3. The predicted octanol–water partition coefficient (Wildman–Crippen LogP) is 4.50. The van der Waals surface area contributed by atoms with Crippen molar-refractivity contribution in [3.63, 3.8) is 0 Å². The molecule has 100 valence electrons. The second kappa shape index (κ2) is 5.83. The Balaban J connectivity index is 2.11. The maximum atomic E-state index is 5.93. The quantitative estimate of drug-likeness (QED) is 0.774. The zero-order valence-electron chi connectivity index (χ0n) is 10.7. The fourth-order valence-corrected chi connectivity index (χ4v) is 3.23. The molecule has 0 radical (unpaired) electrons. The van der Waals surface area contributed by atoms with Crippen molar-refractivity contribution in [1.29, 1.82) is 0 Å². The Bertz CT molecular complexity index is 741. The molecule has 0 aliphatic carbocycles. The maximum absolute atomic E-state index is 5.93. The molecule has 2 N–H and O–H groups in total. The number of benzene rings is 2. The molecule has 0 amide bonds. The van der Waals surface area contributed by atoms with Crippen molar-refractivity contribution in [3.05, 3.63) is 65.3 Å². The Morgan fingerprint density at radius 1 is 1.05 bits per heavy atom. The highest BCUT2D eigenvalue weighted by molar-refractivity contribution is 7.99. The number of nitrogens with zero attached hydrogens (tertiary/aromatic N) is 1. The number of rotatable bonds is 3. The summed E-state index contributed by atoms with van der Waals surface area (Å²) < 4.78 is 0. The van der Waals surface area contributed by atoms with Crippen LogP contribution in [0.25, 0.3) is 10.9 Å². The van der Waals surface area contributed by atoms with Crippen LogP contribution in [0.3, 0.4) is 0 Å². The first-order chi connectivity index (χ1) is 9.78. The van der Waals surface area contributed by atoms with Gasteiger partial charge in [-0.2, -0.15) is 0 Å². The fourth-order valence-electron chi connectivity index (χ4n) is 2.04. The summed E-state index contributed by atoms with van der Waals surface area (Å²) >= 11 is 7.63. The van der Waals surface area contributed by atoms with Gasteiger partial charge >= 0.3 is 0 Å². The van der Waals surface area contributed by atoms with Gasteiger partial charge in [0.1, 0.15) is 0 Å². The number of nitrogens with two attached hydrogens (primary N) is 1. The van der Waals surface area contributed by atoms with Crippen LogP contribution in [0.4, 0.5) is 0 Å². The Hall–Kier alpha value is -1.55. The number of aromatic nitrogens is 1. The molecule has 0 atom stereocenters. The summed E-state index contributed by atoms with van der Waals surface area (Å²) in [6.07, 6.45) is 1.86. The van der Waals surface area contributed by atoms with E-state index in [1.165, 1.54) is 4.90 Å². The lowest BCUT2D eigenvalue weighted by molar-refractivity contribution is 1.02. The van der Waals surface area contributed by atoms with Gasteiger partial charge < -0.3 is 5.73 Å². The van der Waals surface area contributed by atoms with E-state index in [-0.39, 0.29) is 0 Å². The second-order valence-electron chi connectivity index (χ2n) is 4.39. The van der Waals surface area contributed by atoms with Gasteiger partial charge in [-0.15, -0.1) is 0 Å². The minimum Gasteiger partial charge on any atom is -0.326 e. The third kappa shape index (κ3) is 2.66. The van der Waals surface area contributed by atoms with Gasteiger partial charge in [0.25, 0.3) is 0 Å². The maximum Gasteiger partial charge on any atom is 0.0713 e. The molecule has 0 fully saturated rings. The molecule has 2 aromatic carbocycles. The monoisotopic (exact) mass is 300 g/mol. The van der Waals surface area contributed by atoms with Gasteiger partial charge in [0.15, 0.2) is 0 Å². The normalized spacial score (nSPS) is 10.9. The second-order valence-corrected chi connectivity index (χ2v) is 5.91. The van der Waals surface area contributed by atoms with E-state index in [4.69, 9.17) is 17.3 Å². The molecular formula is C16H13ClN2S. The molecule has 3 rings (SSSR count). The molecule has 0 unspecified atom stereocenters. The van der Waals surface area contributed by atoms with Gasteiger partial charge in [0.2, 0.25) is 0 Å². The van der Waals surface area contributed by atoms with Crippen LogP contribution in [-0.2, 0) is 6.54 Å². The van der Waals surface area contributed by atoms with Gasteiger partial charge in [-0.3, -0.25) is 4.98 Å². The highest BCUT2D eigenvalue weighted by Gasteiger charge is 2.09. The average molecular weight is 301 g/mol. The summed E-state index contributed by atoms with van der Waals surface area (Å²) in [6.45, 7) is 0.480. The summed E-state index contributed by atoms with van der Waals surface area (Å²) in [5, 5.41) is 1.88. The topological polar surface area (TPSA) is 38.9 Å². The third-order valence-corrected chi connectivity index (χ3v) is 4.50. The van der Waals surface area contributed by atoms with Crippen molar-refractivity contribution >= 4 is 34.3 Å². The summed E-state index contributed by atoms with van der Waals surface area (Å²) in [6, 6.07) is 15.9. The summed E-state index contributed by atoms with van der Waals surface area (Å²) in [7, 11) is 0. The van der Waals surface area contributed by atoms with Crippen molar-refractivity contribution in [2.45, 2.75) is 16.3 Å². The van der Waals surface area contributed by atoms with Gasteiger partial charge in [0.05, 0.1) is 5.52 Å². The van der Waals surface area contributed by atoms with Crippen LogP contribution in [0.2, 0.25) is 5.02 Å². The lowest BCUT2D eigenvalue weighted by Crippen LogP contribution is -2.00. The van der Waals surface area contributed by atoms with Crippen molar-refractivity contribution in [2.24, 2.45) is 5.73 Å². The lowest BCUT2D eigenvalue weighted by Gasteiger charge is -2.11. The predicted molar refractivity (Wildman–Crippen MR) is 85.2 cm³/mol. The van der Waals surface area contributed by atoms with Crippen molar-refractivity contribution in [2.75, 3.05) is 0 Å². The van der Waals surface area contributed by atoms with E-state index in [2.05, 4.69) is 11.1 Å². The van der Waals surface area contributed by atoms with E-state index in [1.54, 1.807) is 11.8 Å². The zero-order valence-corrected chi connectivity index (χ0v) is 12.3. The van der Waals surface area contributed by atoms with Crippen LogP contribution < -0.4 is 5.73 Å². The first-order valence-electron chi connectivity index (χ1n) is 6.28. The van der Waals surface area contributed by atoms with E-state index < -0.39 is 0 Å². The fraction of sp³-hybridized carbons (Fsp3) is 0.0625. The van der Waals surface area contributed by atoms with Crippen LogP contribution in [-0.4, -0.2) is 4.98 Å². The van der Waals surface area contributed by atoms with E-state index >= 15 is 0 Å². The summed E-state index contributed by atoms with van der Waals surface area (Å²) in [4.78, 5) is 6.76. The Kier molecular flexibility index (Phi) is 3.92. The van der Waals surface area contributed by atoms with E-state index in [9.17, 15) is 0 Å². The minimum absolute atomic E-state index is 0.480. The van der Waals surface area contributed by atoms with Gasteiger partial charge in [-0.05, 0) is 35.9 Å². The van der Waals surface area contributed by atoms with Gasteiger partial charge in [0, 0.05) is 32.9 Å². The standard InChI is InChI=1S/C16H13ClN2S/c17-12-5-7-13(8-6-12)20-16-11(9-18)10-19-15-4-2-1-3-14(15)16/h1-8,10H,9,18H2. The molecule has 0 aliphatic rings. The SMILES string of the molecule is NCc1cnc2ccccc2c1Sc1ccc(Cl)cc1. The van der Waals surface area contributed by atoms with Crippen molar-refractivity contribution < 1.29 is 0 Å². The van der Waals surface area contributed by atoms with Crippen LogP contribution in [0.1, 0.15) is 5.56 Å². The van der Waals surface area contributed by atoms with Crippen LogP contribution in [0.5, 0.6) is 0 Å². The van der Waals surface area contributed by atoms with E-state index in [1.807, 2.05) is 48.7 Å². The molecule has 2 nitrogen and oxygen atoms in total. The lowest BCUT2D eigenvalue weighted by atomic mass is 10.1. The average Bonchev–Trinajstić information content (AvgIpc) is 2.50.